The highest BCUT2D eigenvalue weighted by Gasteiger charge is 2.29. The standard InChI is InChI=1S/C17H22N2O.2ClH/c1-12-15-4-2-3-5-16(15)20-17(12)11-19-9-13-6-7-14(10-19)18-8-13;;/h2-5,13-14,18H,6-11H2,1H3;2*1H/t13-,14-;;/m0../s1. The SMILES string of the molecule is Cc1c(CN2C[C@H]3CC[C@@H](C2)NC3)oc2ccccc12.Cl.Cl. The Morgan fingerprint density at radius 1 is 1.18 bits per heavy atom. The molecule has 4 heterocycles. The van der Waals surface area contributed by atoms with E-state index in [1.54, 1.807) is 0 Å². The normalized spacial score (nSPS) is 24.6. The second kappa shape index (κ2) is 7.22. The van der Waals surface area contributed by atoms with Crippen LogP contribution in [0, 0.1) is 12.8 Å². The first-order valence-electron chi connectivity index (χ1n) is 7.72. The van der Waals surface area contributed by atoms with E-state index >= 15 is 0 Å². The molecule has 1 aromatic heterocycles. The fourth-order valence-corrected chi connectivity index (χ4v) is 3.75. The molecule has 3 aliphatic rings. The van der Waals surface area contributed by atoms with E-state index in [4.69, 9.17) is 4.42 Å². The third-order valence-corrected chi connectivity index (χ3v) is 4.92. The summed E-state index contributed by atoms with van der Waals surface area (Å²) in [4.78, 5) is 2.58. The van der Waals surface area contributed by atoms with Crippen molar-refractivity contribution in [3.05, 3.63) is 35.6 Å². The molecule has 0 saturated carbocycles. The van der Waals surface area contributed by atoms with Gasteiger partial charge in [0.15, 0.2) is 0 Å². The van der Waals surface area contributed by atoms with E-state index in [1.807, 2.05) is 6.07 Å². The molecule has 22 heavy (non-hydrogen) atoms. The molecule has 3 aliphatic heterocycles. The van der Waals surface area contributed by atoms with Gasteiger partial charge in [0.25, 0.3) is 0 Å². The molecule has 2 aromatic rings. The van der Waals surface area contributed by atoms with Gasteiger partial charge in [0, 0.05) is 24.5 Å². The van der Waals surface area contributed by atoms with Crippen molar-refractivity contribution < 1.29 is 4.42 Å². The lowest BCUT2D eigenvalue weighted by atomic mass is 9.97. The maximum absolute atomic E-state index is 6.07. The van der Waals surface area contributed by atoms with Crippen LogP contribution < -0.4 is 5.32 Å². The minimum Gasteiger partial charge on any atom is -0.459 e. The fourth-order valence-electron chi connectivity index (χ4n) is 3.75. The number of piperidine rings is 1. The van der Waals surface area contributed by atoms with Crippen LogP contribution in [-0.2, 0) is 6.54 Å². The quantitative estimate of drug-likeness (QED) is 0.900. The van der Waals surface area contributed by atoms with Crippen LogP contribution in [0.4, 0.5) is 0 Å². The topological polar surface area (TPSA) is 28.4 Å². The Balaban J connectivity index is 0.000000882. The molecule has 0 aliphatic carbocycles. The first-order valence-corrected chi connectivity index (χ1v) is 7.72. The fraction of sp³-hybridized carbons (Fsp3) is 0.529. The van der Waals surface area contributed by atoms with Crippen molar-refractivity contribution in [3.8, 4) is 0 Å². The lowest BCUT2D eigenvalue weighted by molar-refractivity contribution is 0.237. The van der Waals surface area contributed by atoms with E-state index in [0.717, 1.165) is 30.4 Å². The Morgan fingerprint density at radius 3 is 2.73 bits per heavy atom. The molecular formula is C17H24Cl2N2O. The van der Waals surface area contributed by atoms with Crippen molar-refractivity contribution in [3.63, 3.8) is 0 Å². The molecular weight excluding hydrogens is 319 g/mol. The van der Waals surface area contributed by atoms with Crippen LogP contribution in [0.1, 0.15) is 24.2 Å². The van der Waals surface area contributed by atoms with Gasteiger partial charge in [-0.2, -0.15) is 0 Å². The minimum absolute atomic E-state index is 0. The molecule has 2 atom stereocenters. The molecule has 3 fully saturated rings. The average Bonchev–Trinajstić information content (AvgIpc) is 2.64. The van der Waals surface area contributed by atoms with Crippen LogP contribution in [0.5, 0.6) is 0 Å². The molecule has 0 amide bonds. The summed E-state index contributed by atoms with van der Waals surface area (Å²) in [5.74, 6) is 1.96. The number of hydrogen-bond acceptors (Lipinski definition) is 3. The number of nitrogens with one attached hydrogen (secondary N) is 1. The lowest BCUT2D eigenvalue weighted by Gasteiger charge is -2.23. The van der Waals surface area contributed by atoms with Crippen LogP contribution in [0.2, 0.25) is 0 Å². The van der Waals surface area contributed by atoms with Gasteiger partial charge in [-0.3, -0.25) is 4.90 Å². The second-order valence-corrected chi connectivity index (χ2v) is 6.39. The molecule has 1 N–H and O–H groups in total. The van der Waals surface area contributed by atoms with E-state index in [9.17, 15) is 0 Å². The summed E-state index contributed by atoms with van der Waals surface area (Å²) in [6.07, 6.45) is 2.72. The second-order valence-electron chi connectivity index (χ2n) is 6.39. The Labute approximate surface area is 144 Å². The zero-order chi connectivity index (χ0) is 13.5. The first-order chi connectivity index (χ1) is 9.79. The number of aryl methyl sites for hydroxylation is 1. The molecule has 122 valence electrons. The number of halogens is 2. The Morgan fingerprint density at radius 2 is 2.00 bits per heavy atom. The average molecular weight is 343 g/mol. The molecule has 5 rings (SSSR count). The van der Waals surface area contributed by atoms with Gasteiger partial charge < -0.3 is 9.73 Å². The summed E-state index contributed by atoms with van der Waals surface area (Å²) in [6.45, 7) is 6.70. The Bertz CT molecular complexity index is 606. The number of hydrogen-bond donors (Lipinski definition) is 1. The van der Waals surface area contributed by atoms with Gasteiger partial charge in [-0.1, -0.05) is 18.2 Å². The van der Waals surface area contributed by atoms with Crippen LogP contribution in [0.15, 0.2) is 28.7 Å². The van der Waals surface area contributed by atoms with E-state index in [1.165, 1.54) is 36.9 Å². The van der Waals surface area contributed by atoms with Crippen LogP contribution in [0.3, 0.4) is 0 Å². The summed E-state index contributed by atoms with van der Waals surface area (Å²) in [6, 6.07) is 9.04. The maximum atomic E-state index is 6.07. The number of furan rings is 1. The first kappa shape index (κ1) is 17.6. The highest BCUT2D eigenvalue weighted by atomic mass is 35.5. The van der Waals surface area contributed by atoms with Gasteiger partial charge in [0.2, 0.25) is 0 Å². The number of para-hydroxylation sites is 1. The highest BCUT2D eigenvalue weighted by molar-refractivity contribution is 5.85. The molecule has 5 heteroatoms. The van der Waals surface area contributed by atoms with E-state index in [-0.39, 0.29) is 24.8 Å². The van der Waals surface area contributed by atoms with Gasteiger partial charge in [-0.15, -0.1) is 24.8 Å². The van der Waals surface area contributed by atoms with Crippen molar-refractivity contribution >= 4 is 35.8 Å². The van der Waals surface area contributed by atoms with E-state index < -0.39 is 0 Å². The smallest absolute Gasteiger partial charge is 0.134 e. The molecule has 3 nitrogen and oxygen atoms in total. The van der Waals surface area contributed by atoms with Gasteiger partial charge in [-0.05, 0) is 43.9 Å². The van der Waals surface area contributed by atoms with Crippen molar-refractivity contribution in [2.75, 3.05) is 19.6 Å². The minimum atomic E-state index is 0. The third kappa shape index (κ3) is 3.28. The zero-order valence-electron chi connectivity index (χ0n) is 12.9. The predicted octanol–water partition coefficient (Wildman–Crippen LogP) is 3.77. The van der Waals surface area contributed by atoms with Crippen molar-refractivity contribution in [1.82, 2.24) is 10.2 Å². The van der Waals surface area contributed by atoms with Crippen LogP contribution in [0.25, 0.3) is 11.0 Å². The number of benzene rings is 1. The van der Waals surface area contributed by atoms with E-state index in [2.05, 4.69) is 35.3 Å². The summed E-state index contributed by atoms with van der Waals surface area (Å²) in [7, 11) is 0. The monoisotopic (exact) mass is 342 g/mol. The van der Waals surface area contributed by atoms with Gasteiger partial charge >= 0.3 is 0 Å². The number of nitrogens with zero attached hydrogens (tertiary/aromatic N) is 1. The molecule has 0 radical (unpaired) electrons. The third-order valence-electron chi connectivity index (χ3n) is 4.92. The number of fused-ring (bicyclic) bond motifs is 5. The molecule has 0 unspecified atom stereocenters. The summed E-state index contributed by atoms with van der Waals surface area (Å²) < 4.78 is 6.07. The molecule has 3 saturated heterocycles. The zero-order valence-corrected chi connectivity index (χ0v) is 14.5. The van der Waals surface area contributed by atoms with Crippen LogP contribution >= 0.6 is 24.8 Å². The lowest BCUT2D eigenvalue weighted by Crippen LogP contribution is -2.39. The molecule has 0 spiro atoms. The maximum Gasteiger partial charge on any atom is 0.134 e. The van der Waals surface area contributed by atoms with Gasteiger partial charge in [0.1, 0.15) is 11.3 Å². The molecule has 2 bridgehead atoms. The predicted molar refractivity (Wildman–Crippen MR) is 95.2 cm³/mol. The summed E-state index contributed by atoms with van der Waals surface area (Å²) >= 11 is 0. The van der Waals surface area contributed by atoms with Crippen molar-refractivity contribution in [2.45, 2.75) is 32.4 Å². The summed E-state index contributed by atoms with van der Waals surface area (Å²) in [5, 5.41) is 4.93. The van der Waals surface area contributed by atoms with E-state index in [0.29, 0.717) is 6.04 Å². The summed E-state index contributed by atoms with van der Waals surface area (Å²) in [5.41, 5.74) is 2.33. The van der Waals surface area contributed by atoms with Gasteiger partial charge in [-0.25, -0.2) is 0 Å². The van der Waals surface area contributed by atoms with Crippen molar-refractivity contribution in [1.29, 1.82) is 0 Å². The Kier molecular flexibility index (Phi) is 5.78. The molecule has 1 aromatic carbocycles. The highest BCUT2D eigenvalue weighted by Crippen LogP contribution is 2.28. The van der Waals surface area contributed by atoms with Crippen LogP contribution in [-0.4, -0.2) is 30.6 Å². The van der Waals surface area contributed by atoms with Crippen molar-refractivity contribution in [2.24, 2.45) is 5.92 Å². The van der Waals surface area contributed by atoms with Gasteiger partial charge in [0.05, 0.1) is 6.54 Å². The number of rotatable bonds is 2. The largest absolute Gasteiger partial charge is 0.459 e. The Hall–Kier alpha value is -0.740.